The van der Waals surface area contributed by atoms with Crippen molar-refractivity contribution >= 4 is 43.7 Å². The first kappa shape index (κ1) is 24.6. The molecule has 3 heterocycles. The fourth-order valence-electron chi connectivity index (χ4n) is 6.37. The molecule has 0 radical (unpaired) electrons. The van der Waals surface area contributed by atoms with Crippen LogP contribution in [-0.4, -0.2) is 14.5 Å². The Bertz CT molecular complexity index is 2490. The molecular weight excluding hydrogens is 538 g/mol. The number of pyridine rings is 1. The van der Waals surface area contributed by atoms with Gasteiger partial charge in [-0.15, -0.1) is 0 Å². The number of para-hydroxylation sites is 3. The van der Waals surface area contributed by atoms with Crippen LogP contribution in [-0.2, 0) is 0 Å². The van der Waals surface area contributed by atoms with E-state index in [0.717, 1.165) is 77.7 Å². The molecule has 6 aromatic carbocycles. The molecule has 0 amide bonds. The topological polar surface area (TPSA) is 43.9 Å². The largest absolute Gasteiger partial charge is 0.456 e. The standard InChI is InChI=1S/C40H25N3O/c1-2-7-32(8-3-1)43-36-11-5-4-10-35(36)42-40(43)28-16-13-26(14-17-28)29-19-20-37-34(24-29)39-33(9-6-12-38(39)44-37)30-18-15-27-21-22-41-25-31(27)23-30/h1-25H. The van der Waals surface area contributed by atoms with Crippen LogP contribution in [0.3, 0.4) is 0 Å². The molecule has 9 aromatic rings. The summed E-state index contributed by atoms with van der Waals surface area (Å²) in [5, 5.41) is 4.53. The number of furan rings is 1. The summed E-state index contributed by atoms with van der Waals surface area (Å²) in [6.45, 7) is 0. The van der Waals surface area contributed by atoms with Gasteiger partial charge in [0.1, 0.15) is 17.0 Å². The zero-order valence-corrected chi connectivity index (χ0v) is 23.7. The minimum absolute atomic E-state index is 0.881. The molecule has 9 rings (SSSR count). The maximum atomic E-state index is 6.33. The Morgan fingerprint density at radius 3 is 2.25 bits per heavy atom. The van der Waals surface area contributed by atoms with Crippen molar-refractivity contribution in [1.29, 1.82) is 0 Å². The highest BCUT2D eigenvalue weighted by Crippen LogP contribution is 2.39. The van der Waals surface area contributed by atoms with Gasteiger partial charge in [-0.25, -0.2) is 4.98 Å². The maximum Gasteiger partial charge on any atom is 0.145 e. The number of rotatable bonds is 4. The fourth-order valence-corrected chi connectivity index (χ4v) is 6.37. The average Bonchev–Trinajstić information content (AvgIpc) is 3.67. The van der Waals surface area contributed by atoms with E-state index in [9.17, 15) is 0 Å². The summed E-state index contributed by atoms with van der Waals surface area (Å²) in [4.78, 5) is 9.36. The monoisotopic (exact) mass is 563 g/mol. The summed E-state index contributed by atoms with van der Waals surface area (Å²) in [5.41, 5.74) is 10.6. The van der Waals surface area contributed by atoms with Crippen LogP contribution in [0.15, 0.2) is 156 Å². The number of hydrogen-bond acceptors (Lipinski definition) is 3. The molecule has 0 aliphatic rings. The van der Waals surface area contributed by atoms with Crippen molar-refractivity contribution < 1.29 is 4.42 Å². The number of aromatic nitrogens is 3. The van der Waals surface area contributed by atoms with Crippen LogP contribution >= 0.6 is 0 Å². The molecule has 0 N–H and O–H groups in total. The Labute approximate surface area is 253 Å². The summed E-state index contributed by atoms with van der Waals surface area (Å²) in [7, 11) is 0. The van der Waals surface area contributed by atoms with Gasteiger partial charge in [0.05, 0.1) is 11.0 Å². The first-order valence-electron chi connectivity index (χ1n) is 14.7. The lowest BCUT2D eigenvalue weighted by Crippen LogP contribution is -1.97. The third kappa shape index (κ3) is 3.92. The Morgan fingerprint density at radius 2 is 1.34 bits per heavy atom. The Kier molecular flexibility index (Phi) is 5.47. The van der Waals surface area contributed by atoms with Crippen molar-refractivity contribution in [3.05, 3.63) is 152 Å². The van der Waals surface area contributed by atoms with Gasteiger partial charge in [0.2, 0.25) is 0 Å². The molecule has 0 bridgehead atoms. The van der Waals surface area contributed by atoms with Gasteiger partial charge in [0.25, 0.3) is 0 Å². The van der Waals surface area contributed by atoms with E-state index in [2.05, 4.69) is 131 Å². The van der Waals surface area contributed by atoms with Gasteiger partial charge in [-0.2, -0.15) is 0 Å². The van der Waals surface area contributed by atoms with Crippen molar-refractivity contribution in [2.24, 2.45) is 0 Å². The molecule has 0 spiro atoms. The summed E-state index contributed by atoms with van der Waals surface area (Å²) in [6, 6.07) is 48.8. The van der Waals surface area contributed by atoms with Gasteiger partial charge < -0.3 is 4.42 Å². The first-order chi connectivity index (χ1) is 21.8. The minimum Gasteiger partial charge on any atom is -0.456 e. The lowest BCUT2D eigenvalue weighted by Gasteiger charge is -2.10. The molecule has 4 heteroatoms. The number of nitrogens with zero attached hydrogens (tertiary/aromatic N) is 3. The Hall–Kier alpha value is -6.00. The third-order valence-corrected chi connectivity index (χ3v) is 8.50. The summed E-state index contributed by atoms with van der Waals surface area (Å²) < 4.78 is 8.57. The van der Waals surface area contributed by atoms with Crippen LogP contribution in [0, 0.1) is 0 Å². The van der Waals surface area contributed by atoms with Gasteiger partial charge in [-0.1, -0.05) is 84.9 Å². The van der Waals surface area contributed by atoms with Crippen LogP contribution in [0.5, 0.6) is 0 Å². The predicted octanol–water partition coefficient (Wildman–Crippen LogP) is 10.5. The van der Waals surface area contributed by atoms with Gasteiger partial charge in [0, 0.05) is 39.8 Å². The zero-order valence-electron chi connectivity index (χ0n) is 23.7. The molecule has 0 saturated heterocycles. The summed E-state index contributed by atoms with van der Waals surface area (Å²) in [6.07, 6.45) is 3.75. The molecule has 0 fully saturated rings. The van der Waals surface area contributed by atoms with E-state index >= 15 is 0 Å². The van der Waals surface area contributed by atoms with E-state index in [0.29, 0.717) is 0 Å². The number of fused-ring (bicyclic) bond motifs is 5. The smallest absolute Gasteiger partial charge is 0.145 e. The molecule has 0 aliphatic carbocycles. The highest BCUT2D eigenvalue weighted by molar-refractivity contribution is 6.13. The number of hydrogen-bond donors (Lipinski definition) is 0. The quantitative estimate of drug-likeness (QED) is 0.214. The second kappa shape index (κ2) is 9.79. The van der Waals surface area contributed by atoms with Gasteiger partial charge >= 0.3 is 0 Å². The van der Waals surface area contributed by atoms with E-state index in [1.165, 1.54) is 5.39 Å². The van der Waals surface area contributed by atoms with E-state index in [1.54, 1.807) is 0 Å². The maximum absolute atomic E-state index is 6.33. The SMILES string of the molecule is c1ccc(-n2c(-c3ccc(-c4ccc5oc6cccc(-c7ccc8ccncc8c7)c6c5c4)cc3)nc3ccccc32)cc1. The van der Waals surface area contributed by atoms with Gasteiger partial charge in [-0.3, -0.25) is 9.55 Å². The Balaban J connectivity index is 1.15. The molecule has 0 saturated carbocycles. The first-order valence-corrected chi connectivity index (χ1v) is 14.7. The number of imidazole rings is 1. The van der Waals surface area contributed by atoms with Crippen LogP contribution in [0.4, 0.5) is 0 Å². The molecule has 206 valence electrons. The normalized spacial score (nSPS) is 11.6. The van der Waals surface area contributed by atoms with Crippen molar-refractivity contribution in [3.8, 4) is 39.3 Å². The minimum atomic E-state index is 0.881. The van der Waals surface area contributed by atoms with Crippen molar-refractivity contribution in [3.63, 3.8) is 0 Å². The lowest BCUT2D eigenvalue weighted by molar-refractivity contribution is 0.669. The van der Waals surface area contributed by atoms with E-state index in [4.69, 9.17) is 9.40 Å². The van der Waals surface area contributed by atoms with E-state index < -0.39 is 0 Å². The van der Waals surface area contributed by atoms with Crippen LogP contribution in [0.2, 0.25) is 0 Å². The van der Waals surface area contributed by atoms with E-state index in [-0.39, 0.29) is 0 Å². The van der Waals surface area contributed by atoms with Crippen molar-refractivity contribution in [1.82, 2.24) is 14.5 Å². The summed E-state index contributed by atoms with van der Waals surface area (Å²) >= 11 is 0. The average molecular weight is 564 g/mol. The van der Waals surface area contributed by atoms with Gasteiger partial charge in [-0.05, 0) is 82.2 Å². The Morgan fingerprint density at radius 1 is 0.545 bits per heavy atom. The number of benzene rings is 6. The molecule has 0 atom stereocenters. The molecular formula is C40H25N3O. The van der Waals surface area contributed by atoms with Crippen LogP contribution in [0.1, 0.15) is 0 Å². The molecule has 0 aliphatic heterocycles. The lowest BCUT2D eigenvalue weighted by atomic mass is 9.96. The predicted molar refractivity (Wildman–Crippen MR) is 180 cm³/mol. The highest BCUT2D eigenvalue weighted by Gasteiger charge is 2.16. The van der Waals surface area contributed by atoms with Crippen LogP contribution < -0.4 is 0 Å². The van der Waals surface area contributed by atoms with Crippen molar-refractivity contribution in [2.45, 2.75) is 0 Å². The van der Waals surface area contributed by atoms with Gasteiger partial charge in [0.15, 0.2) is 0 Å². The second-order valence-corrected chi connectivity index (χ2v) is 11.1. The molecule has 3 aromatic heterocycles. The highest BCUT2D eigenvalue weighted by atomic mass is 16.3. The van der Waals surface area contributed by atoms with Crippen molar-refractivity contribution in [2.75, 3.05) is 0 Å². The second-order valence-electron chi connectivity index (χ2n) is 11.1. The van der Waals surface area contributed by atoms with Crippen LogP contribution in [0.25, 0.3) is 83.1 Å². The zero-order chi connectivity index (χ0) is 29.0. The molecule has 0 unspecified atom stereocenters. The molecule has 4 nitrogen and oxygen atoms in total. The van der Waals surface area contributed by atoms with E-state index in [1.807, 2.05) is 30.6 Å². The fraction of sp³-hybridized carbons (Fsp3) is 0. The third-order valence-electron chi connectivity index (χ3n) is 8.50. The molecule has 44 heavy (non-hydrogen) atoms. The summed E-state index contributed by atoms with van der Waals surface area (Å²) in [5.74, 6) is 0.926.